The first-order valence-corrected chi connectivity index (χ1v) is 6.76. The van der Waals surface area contributed by atoms with Crippen LogP contribution < -0.4 is 4.74 Å². The van der Waals surface area contributed by atoms with Gasteiger partial charge in [-0.15, -0.1) is 0 Å². The van der Waals surface area contributed by atoms with E-state index in [2.05, 4.69) is 11.8 Å². The Kier molecular flexibility index (Phi) is 4.43. The van der Waals surface area contributed by atoms with Crippen molar-refractivity contribution in [2.24, 2.45) is 0 Å². The van der Waals surface area contributed by atoms with E-state index in [1.54, 1.807) is 6.07 Å². The largest absolute Gasteiger partial charge is 0.496 e. The maximum Gasteiger partial charge on any atom is 0.339 e. The fraction of sp³-hybridized carbons (Fsp3) is 0.533. The van der Waals surface area contributed by atoms with Crippen LogP contribution in [0.5, 0.6) is 5.75 Å². The lowest BCUT2D eigenvalue weighted by Gasteiger charge is -2.33. The molecule has 0 saturated carbocycles. The van der Waals surface area contributed by atoms with Crippen LogP contribution in [0.4, 0.5) is 0 Å². The third kappa shape index (κ3) is 3.26. The number of carbonyl (C=O) groups is 1. The van der Waals surface area contributed by atoms with Crippen LogP contribution in [0.1, 0.15) is 42.1 Å². The van der Waals surface area contributed by atoms with E-state index in [0.29, 0.717) is 11.8 Å². The normalized spacial score (nSPS) is 20.2. The van der Waals surface area contributed by atoms with Crippen LogP contribution in [-0.4, -0.2) is 35.7 Å². The summed E-state index contributed by atoms with van der Waals surface area (Å²) in [5, 5.41) is 9.06. The van der Waals surface area contributed by atoms with Gasteiger partial charge in [-0.3, -0.25) is 4.90 Å². The first-order valence-electron chi connectivity index (χ1n) is 6.76. The molecule has 0 aliphatic carbocycles. The molecule has 0 spiro atoms. The van der Waals surface area contributed by atoms with Crippen molar-refractivity contribution < 1.29 is 14.6 Å². The number of benzene rings is 1. The number of piperidine rings is 1. The predicted molar refractivity (Wildman–Crippen MR) is 73.7 cm³/mol. The maximum absolute atomic E-state index is 11.0. The van der Waals surface area contributed by atoms with Crippen LogP contribution >= 0.6 is 0 Å². The van der Waals surface area contributed by atoms with E-state index in [-0.39, 0.29) is 5.56 Å². The summed E-state index contributed by atoms with van der Waals surface area (Å²) in [7, 11) is 1.51. The average molecular weight is 263 g/mol. The second-order valence-corrected chi connectivity index (χ2v) is 5.16. The zero-order valence-electron chi connectivity index (χ0n) is 11.6. The summed E-state index contributed by atoms with van der Waals surface area (Å²) >= 11 is 0. The third-order valence-electron chi connectivity index (χ3n) is 3.82. The summed E-state index contributed by atoms with van der Waals surface area (Å²) in [4.78, 5) is 13.5. The summed E-state index contributed by atoms with van der Waals surface area (Å²) in [5.41, 5.74) is 1.33. The topological polar surface area (TPSA) is 49.8 Å². The molecule has 0 amide bonds. The minimum atomic E-state index is -0.949. The number of methoxy groups -OCH3 is 1. The molecule has 1 N–H and O–H groups in total. The van der Waals surface area contributed by atoms with Crippen molar-refractivity contribution in [1.82, 2.24) is 4.90 Å². The number of nitrogens with zero attached hydrogens (tertiary/aromatic N) is 1. The third-order valence-corrected chi connectivity index (χ3v) is 3.82. The lowest BCUT2D eigenvalue weighted by atomic mass is 10.0. The molecule has 0 radical (unpaired) electrons. The number of carboxylic acids is 1. The fourth-order valence-electron chi connectivity index (χ4n) is 2.64. The molecule has 1 heterocycles. The summed E-state index contributed by atoms with van der Waals surface area (Å²) in [6.45, 7) is 4.23. The van der Waals surface area contributed by atoms with E-state index in [4.69, 9.17) is 9.84 Å². The summed E-state index contributed by atoms with van der Waals surface area (Å²) < 4.78 is 5.16. The van der Waals surface area contributed by atoms with Gasteiger partial charge in [0.15, 0.2) is 0 Å². The molecular formula is C15H21NO3. The molecule has 104 valence electrons. The van der Waals surface area contributed by atoms with Gasteiger partial charge in [-0.2, -0.15) is 0 Å². The zero-order valence-corrected chi connectivity index (χ0v) is 11.6. The van der Waals surface area contributed by atoms with E-state index in [0.717, 1.165) is 18.7 Å². The summed E-state index contributed by atoms with van der Waals surface area (Å²) in [6.07, 6.45) is 3.79. The quantitative estimate of drug-likeness (QED) is 0.907. The Morgan fingerprint density at radius 3 is 2.89 bits per heavy atom. The van der Waals surface area contributed by atoms with E-state index >= 15 is 0 Å². The summed E-state index contributed by atoms with van der Waals surface area (Å²) in [6, 6.07) is 5.95. The van der Waals surface area contributed by atoms with E-state index in [1.165, 1.54) is 26.4 Å². The number of carboxylic acid groups (broad SMARTS) is 1. The average Bonchev–Trinajstić information content (AvgIpc) is 2.41. The van der Waals surface area contributed by atoms with Crippen LogP contribution in [0.25, 0.3) is 0 Å². The molecule has 1 aliphatic rings. The molecule has 1 aromatic carbocycles. The molecule has 1 aromatic rings. The molecule has 1 atom stereocenters. The predicted octanol–water partition coefficient (Wildman–Crippen LogP) is 2.77. The highest BCUT2D eigenvalue weighted by atomic mass is 16.5. The monoisotopic (exact) mass is 263 g/mol. The Morgan fingerprint density at radius 1 is 1.47 bits per heavy atom. The van der Waals surface area contributed by atoms with Gasteiger partial charge in [0.1, 0.15) is 11.3 Å². The van der Waals surface area contributed by atoms with Crippen LogP contribution in [0.15, 0.2) is 18.2 Å². The van der Waals surface area contributed by atoms with Crippen LogP contribution in [0.2, 0.25) is 0 Å². The van der Waals surface area contributed by atoms with Crippen molar-refractivity contribution in [2.45, 2.75) is 38.8 Å². The van der Waals surface area contributed by atoms with Crippen molar-refractivity contribution in [3.05, 3.63) is 29.3 Å². The molecule has 2 rings (SSSR count). The molecule has 1 aliphatic heterocycles. The molecule has 19 heavy (non-hydrogen) atoms. The van der Waals surface area contributed by atoms with Crippen LogP contribution in [-0.2, 0) is 6.54 Å². The molecule has 1 fully saturated rings. The Morgan fingerprint density at radius 2 is 2.26 bits per heavy atom. The minimum absolute atomic E-state index is 0.220. The van der Waals surface area contributed by atoms with Crippen molar-refractivity contribution in [1.29, 1.82) is 0 Å². The highest BCUT2D eigenvalue weighted by molar-refractivity contribution is 5.90. The van der Waals surface area contributed by atoms with E-state index in [9.17, 15) is 4.79 Å². The van der Waals surface area contributed by atoms with Gasteiger partial charge >= 0.3 is 5.97 Å². The van der Waals surface area contributed by atoms with Crippen molar-refractivity contribution >= 4 is 5.97 Å². The number of aromatic carboxylic acids is 1. The fourth-order valence-corrected chi connectivity index (χ4v) is 2.64. The van der Waals surface area contributed by atoms with Crippen molar-refractivity contribution in [3.8, 4) is 5.75 Å². The van der Waals surface area contributed by atoms with Gasteiger partial charge in [0, 0.05) is 12.6 Å². The molecule has 4 heteroatoms. The Balaban J connectivity index is 2.14. The number of hydrogen-bond donors (Lipinski definition) is 1. The van der Waals surface area contributed by atoms with Crippen LogP contribution in [0.3, 0.4) is 0 Å². The number of rotatable bonds is 4. The van der Waals surface area contributed by atoms with Gasteiger partial charge < -0.3 is 9.84 Å². The maximum atomic E-state index is 11.0. The van der Waals surface area contributed by atoms with Gasteiger partial charge in [0.05, 0.1) is 7.11 Å². The molecule has 0 aromatic heterocycles. The highest BCUT2D eigenvalue weighted by Gasteiger charge is 2.19. The van der Waals surface area contributed by atoms with Gasteiger partial charge in [-0.25, -0.2) is 4.79 Å². The first-order chi connectivity index (χ1) is 9.11. The number of hydrogen-bond acceptors (Lipinski definition) is 3. The zero-order chi connectivity index (χ0) is 13.8. The van der Waals surface area contributed by atoms with E-state index < -0.39 is 5.97 Å². The summed E-state index contributed by atoms with van der Waals surface area (Å²) in [5.74, 6) is -0.510. The van der Waals surface area contributed by atoms with Gasteiger partial charge in [0.2, 0.25) is 0 Å². The number of likely N-dealkylation sites (tertiary alicyclic amines) is 1. The Bertz CT molecular complexity index is 459. The second kappa shape index (κ2) is 6.06. The van der Waals surface area contributed by atoms with Crippen molar-refractivity contribution in [2.75, 3.05) is 13.7 Å². The molecule has 1 saturated heterocycles. The standard InChI is InChI=1S/C15H21NO3/c1-11-5-3-4-8-16(11)10-12-6-7-13(15(17)18)14(9-12)19-2/h6-7,9,11H,3-5,8,10H2,1-2H3,(H,17,18). The molecule has 0 bridgehead atoms. The first kappa shape index (κ1) is 13.9. The van der Waals surface area contributed by atoms with E-state index in [1.807, 2.05) is 12.1 Å². The smallest absolute Gasteiger partial charge is 0.339 e. The molecule has 1 unspecified atom stereocenters. The second-order valence-electron chi connectivity index (χ2n) is 5.16. The van der Waals surface area contributed by atoms with Crippen molar-refractivity contribution in [3.63, 3.8) is 0 Å². The number of ether oxygens (including phenoxy) is 1. The minimum Gasteiger partial charge on any atom is -0.496 e. The Labute approximate surface area is 114 Å². The van der Waals surface area contributed by atoms with Gasteiger partial charge in [0.25, 0.3) is 0 Å². The highest BCUT2D eigenvalue weighted by Crippen LogP contribution is 2.24. The van der Waals surface area contributed by atoms with Gasteiger partial charge in [-0.05, 0) is 44.0 Å². The van der Waals surface area contributed by atoms with Crippen LogP contribution in [0, 0.1) is 0 Å². The molecular weight excluding hydrogens is 242 g/mol. The lowest BCUT2D eigenvalue weighted by Crippen LogP contribution is -2.36. The SMILES string of the molecule is COc1cc(CN2CCCCC2C)ccc1C(=O)O. The van der Waals surface area contributed by atoms with Gasteiger partial charge in [-0.1, -0.05) is 12.5 Å². The lowest BCUT2D eigenvalue weighted by molar-refractivity contribution is 0.0693. The molecule has 4 nitrogen and oxygen atoms in total. The Hall–Kier alpha value is -1.55.